The molecule has 2 atom stereocenters. The first-order chi connectivity index (χ1) is 20.7. The first kappa shape index (κ1) is 28.0. The number of para-hydroxylation sites is 1. The standard InChI is InChI=1S/C33H33ClFN3O5/c1-32(22-9-8-21(34)18-24(22)35)42-28-6-4-5-26(29(28)43-32)37-13-11-33(12-14-37)19-23(33)30-36-25-10-7-20(31(39)41-3)17-27(25)38(30)15-16-40-2/h4-10,17-18,23H,11-16,19H2,1-3H3/t23-,32?/m1/s1. The first-order valence-corrected chi connectivity index (χ1v) is 14.9. The smallest absolute Gasteiger partial charge is 0.337 e. The second kappa shape index (κ2) is 10.4. The van der Waals surface area contributed by atoms with Crippen molar-refractivity contribution in [3.05, 3.63) is 82.4 Å². The molecule has 0 amide bonds. The van der Waals surface area contributed by atoms with Crippen LogP contribution in [-0.2, 0) is 21.8 Å². The Morgan fingerprint density at radius 2 is 1.93 bits per heavy atom. The lowest BCUT2D eigenvalue weighted by Gasteiger charge is -2.35. The van der Waals surface area contributed by atoms with E-state index in [1.165, 1.54) is 13.2 Å². The molecule has 224 valence electrons. The zero-order valence-corrected chi connectivity index (χ0v) is 25.1. The Balaban J connectivity index is 1.11. The summed E-state index contributed by atoms with van der Waals surface area (Å²) >= 11 is 5.98. The average Bonchev–Trinajstić information content (AvgIpc) is 3.37. The number of hydrogen-bond donors (Lipinski definition) is 0. The minimum atomic E-state index is -1.29. The van der Waals surface area contributed by atoms with Crippen LogP contribution in [0.15, 0.2) is 54.6 Å². The molecule has 7 rings (SSSR count). The molecule has 1 aliphatic carbocycles. The Morgan fingerprint density at radius 1 is 1.12 bits per heavy atom. The van der Waals surface area contributed by atoms with E-state index in [2.05, 4.69) is 9.47 Å². The molecule has 0 N–H and O–H groups in total. The van der Waals surface area contributed by atoms with Crippen LogP contribution in [0.25, 0.3) is 11.0 Å². The van der Waals surface area contributed by atoms with E-state index in [1.54, 1.807) is 32.2 Å². The maximum absolute atomic E-state index is 14.8. The molecule has 8 nitrogen and oxygen atoms in total. The predicted octanol–water partition coefficient (Wildman–Crippen LogP) is 6.68. The SMILES string of the molecule is COCCn1c([C@H]2CC23CCN(c2cccc4c2OC(C)(c2ccc(Cl)cc2F)O4)CC3)nc2ccc(C(=O)OC)cc21. The van der Waals surface area contributed by atoms with Gasteiger partial charge in [-0.1, -0.05) is 17.7 Å². The highest BCUT2D eigenvalue weighted by atomic mass is 35.5. The van der Waals surface area contributed by atoms with E-state index < -0.39 is 11.6 Å². The van der Waals surface area contributed by atoms with E-state index in [-0.39, 0.29) is 11.4 Å². The van der Waals surface area contributed by atoms with Gasteiger partial charge >= 0.3 is 5.97 Å². The van der Waals surface area contributed by atoms with Crippen LogP contribution in [0.1, 0.15) is 53.8 Å². The third kappa shape index (κ3) is 4.69. The fraction of sp³-hybridized carbons (Fsp3) is 0.394. The molecule has 43 heavy (non-hydrogen) atoms. The third-order valence-electron chi connectivity index (χ3n) is 9.30. The molecule has 4 aromatic rings. The lowest BCUT2D eigenvalue weighted by molar-refractivity contribution is -0.0705. The van der Waals surface area contributed by atoms with Crippen molar-refractivity contribution in [2.24, 2.45) is 5.41 Å². The highest BCUT2D eigenvalue weighted by Crippen LogP contribution is 2.65. The summed E-state index contributed by atoms with van der Waals surface area (Å²) in [6.07, 6.45) is 3.08. The van der Waals surface area contributed by atoms with Crippen LogP contribution in [-0.4, -0.2) is 49.4 Å². The number of ether oxygens (including phenoxy) is 4. The Kier molecular flexibility index (Phi) is 6.78. The van der Waals surface area contributed by atoms with E-state index in [4.69, 9.17) is 35.5 Å². The van der Waals surface area contributed by atoms with Gasteiger partial charge in [0.05, 0.1) is 41.6 Å². The highest BCUT2D eigenvalue weighted by molar-refractivity contribution is 6.30. The number of rotatable bonds is 7. The van der Waals surface area contributed by atoms with Crippen LogP contribution in [0.2, 0.25) is 5.02 Å². The Hall–Kier alpha value is -3.82. The third-order valence-corrected chi connectivity index (χ3v) is 9.53. The predicted molar refractivity (Wildman–Crippen MR) is 161 cm³/mol. The van der Waals surface area contributed by atoms with Crippen LogP contribution < -0.4 is 14.4 Å². The van der Waals surface area contributed by atoms with E-state index in [9.17, 15) is 9.18 Å². The molecular weight excluding hydrogens is 573 g/mol. The minimum absolute atomic E-state index is 0.171. The molecule has 0 radical (unpaired) electrons. The largest absolute Gasteiger partial charge is 0.465 e. The van der Waals surface area contributed by atoms with Crippen LogP contribution in [0.3, 0.4) is 0 Å². The molecule has 1 saturated carbocycles. The molecule has 2 aliphatic heterocycles. The van der Waals surface area contributed by atoms with E-state index in [1.807, 2.05) is 30.3 Å². The van der Waals surface area contributed by atoms with Crippen molar-refractivity contribution in [3.63, 3.8) is 0 Å². The van der Waals surface area contributed by atoms with E-state index in [0.717, 1.165) is 54.9 Å². The van der Waals surface area contributed by atoms with E-state index >= 15 is 0 Å². The number of methoxy groups -OCH3 is 2. The van der Waals surface area contributed by atoms with Gasteiger partial charge in [-0.3, -0.25) is 0 Å². The van der Waals surface area contributed by atoms with Crippen LogP contribution in [0.5, 0.6) is 11.5 Å². The van der Waals surface area contributed by atoms with Gasteiger partial charge < -0.3 is 28.4 Å². The fourth-order valence-corrected chi connectivity index (χ4v) is 7.02. The molecule has 2 fully saturated rings. The summed E-state index contributed by atoms with van der Waals surface area (Å²) < 4.78 is 40.0. The molecule has 3 aliphatic rings. The van der Waals surface area contributed by atoms with Gasteiger partial charge in [-0.05, 0) is 73.2 Å². The first-order valence-electron chi connectivity index (χ1n) is 14.5. The second-order valence-corrected chi connectivity index (χ2v) is 12.2. The van der Waals surface area contributed by atoms with Crippen LogP contribution >= 0.6 is 11.6 Å². The second-order valence-electron chi connectivity index (χ2n) is 11.8. The quantitative estimate of drug-likeness (QED) is 0.218. The maximum atomic E-state index is 14.8. The molecule has 1 aromatic heterocycles. The highest BCUT2D eigenvalue weighted by Gasteiger charge is 2.57. The molecule has 0 bridgehead atoms. The molecule has 1 unspecified atom stereocenters. The van der Waals surface area contributed by atoms with Crippen molar-refractivity contribution >= 4 is 34.3 Å². The molecular formula is C33H33ClFN3O5. The van der Waals surface area contributed by atoms with Crippen molar-refractivity contribution in [2.45, 2.75) is 44.4 Å². The van der Waals surface area contributed by atoms with Gasteiger partial charge in [0.15, 0.2) is 11.5 Å². The number of halogens is 2. The number of benzene rings is 3. The number of piperidine rings is 1. The van der Waals surface area contributed by atoms with Gasteiger partial charge in [0, 0.05) is 44.6 Å². The van der Waals surface area contributed by atoms with Gasteiger partial charge in [0.2, 0.25) is 0 Å². The van der Waals surface area contributed by atoms with Gasteiger partial charge in [0.25, 0.3) is 5.79 Å². The Bertz CT molecular complexity index is 1730. The Labute approximate surface area is 254 Å². The maximum Gasteiger partial charge on any atom is 0.337 e. The number of imidazole rings is 1. The van der Waals surface area contributed by atoms with Crippen molar-refractivity contribution in [1.82, 2.24) is 9.55 Å². The Morgan fingerprint density at radius 3 is 2.67 bits per heavy atom. The topological polar surface area (TPSA) is 75.0 Å². The summed E-state index contributed by atoms with van der Waals surface area (Å²) in [5, 5.41) is 0.321. The number of carbonyl (C=O) groups excluding carboxylic acids is 1. The fourth-order valence-electron chi connectivity index (χ4n) is 6.86. The van der Waals surface area contributed by atoms with E-state index in [0.29, 0.717) is 46.7 Å². The number of nitrogens with zero attached hydrogens (tertiary/aromatic N) is 3. The zero-order valence-electron chi connectivity index (χ0n) is 24.4. The van der Waals surface area contributed by atoms with Crippen molar-refractivity contribution in [1.29, 1.82) is 0 Å². The van der Waals surface area contributed by atoms with Crippen molar-refractivity contribution in [3.8, 4) is 11.5 Å². The number of anilines is 1. The summed E-state index contributed by atoms with van der Waals surface area (Å²) in [6, 6.07) is 15.9. The number of carbonyl (C=O) groups is 1. The lowest BCUT2D eigenvalue weighted by Crippen LogP contribution is -2.36. The summed E-state index contributed by atoms with van der Waals surface area (Å²) in [4.78, 5) is 19.6. The number of aromatic nitrogens is 2. The monoisotopic (exact) mass is 605 g/mol. The number of esters is 1. The van der Waals surface area contributed by atoms with Crippen molar-refractivity contribution < 1.29 is 28.1 Å². The van der Waals surface area contributed by atoms with Gasteiger partial charge in [-0.25, -0.2) is 14.2 Å². The van der Waals surface area contributed by atoms with Gasteiger partial charge in [-0.2, -0.15) is 0 Å². The van der Waals surface area contributed by atoms with Crippen molar-refractivity contribution in [2.75, 3.05) is 38.8 Å². The summed E-state index contributed by atoms with van der Waals surface area (Å²) in [5.74, 6) is 0.488. The normalized spacial score (nSPS) is 21.9. The molecule has 3 heterocycles. The zero-order chi connectivity index (χ0) is 29.9. The molecule has 1 spiro atoms. The molecule has 10 heteroatoms. The van der Waals surface area contributed by atoms with Gasteiger partial charge in [-0.15, -0.1) is 0 Å². The minimum Gasteiger partial charge on any atom is -0.465 e. The molecule has 3 aromatic carbocycles. The lowest BCUT2D eigenvalue weighted by atomic mass is 9.90. The summed E-state index contributed by atoms with van der Waals surface area (Å²) in [5.41, 5.74) is 3.72. The van der Waals surface area contributed by atoms with Crippen LogP contribution in [0.4, 0.5) is 10.1 Å². The van der Waals surface area contributed by atoms with Gasteiger partial charge in [0.1, 0.15) is 11.6 Å². The summed E-state index contributed by atoms with van der Waals surface area (Å²) in [7, 11) is 3.08. The molecule has 1 saturated heterocycles. The number of fused-ring (bicyclic) bond motifs is 2. The number of hydrogen-bond acceptors (Lipinski definition) is 7. The summed E-state index contributed by atoms with van der Waals surface area (Å²) in [6.45, 7) is 4.65. The average molecular weight is 606 g/mol. The van der Waals surface area contributed by atoms with Crippen LogP contribution in [0, 0.1) is 11.2 Å².